The van der Waals surface area contributed by atoms with Crippen LogP contribution in [0.25, 0.3) is 5.78 Å². The second kappa shape index (κ2) is 10.3. The Balaban J connectivity index is 1.66. The summed E-state index contributed by atoms with van der Waals surface area (Å²) in [4.78, 5) is 33.0. The maximum Gasteiger partial charge on any atom is 0.288 e. The second-order valence-electron chi connectivity index (χ2n) is 8.63. The molecule has 3 heterocycles. The molecule has 1 amide bonds. The van der Waals surface area contributed by atoms with Crippen molar-refractivity contribution in [1.82, 2.24) is 24.5 Å². The molecule has 0 bridgehead atoms. The molecule has 0 radical (unpaired) electrons. The minimum atomic E-state index is -0.403. The van der Waals surface area contributed by atoms with E-state index in [0.717, 1.165) is 44.9 Å². The van der Waals surface area contributed by atoms with Crippen molar-refractivity contribution < 1.29 is 9.53 Å². The van der Waals surface area contributed by atoms with Crippen molar-refractivity contribution in [2.24, 2.45) is 0 Å². The van der Waals surface area contributed by atoms with Crippen molar-refractivity contribution in [1.29, 1.82) is 0 Å². The van der Waals surface area contributed by atoms with Crippen LogP contribution in [0, 0.1) is 0 Å². The van der Waals surface area contributed by atoms with Crippen LogP contribution in [0.5, 0.6) is 0 Å². The number of unbranched alkanes of at least 4 members (excludes halogenated alkanes) is 2. The van der Waals surface area contributed by atoms with Crippen LogP contribution < -0.4 is 15.8 Å². The number of amides is 1. The maximum absolute atomic E-state index is 13.2. The average molecular weight is 431 g/mol. The number of hydrogen-bond acceptors (Lipinski definition) is 6. The number of anilines is 1. The standard InChI is InChI=1S/C22H34N6O3/c1-2-3-8-11-27-16-18(19(29)23-17-9-6-4-5-7-10-17)20(30)28-22(27)24-21(25-28)26-12-14-31-15-13-26/h16-17H,2-15H2,1H3,(H,23,29). The van der Waals surface area contributed by atoms with Crippen molar-refractivity contribution in [3.8, 4) is 0 Å². The first-order valence-electron chi connectivity index (χ1n) is 11.8. The Morgan fingerprint density at radius 1 is 1.16 bits per heavy atom. The monoisotopic (exact) mass is 430 g/mol. The SMILES string of the molecule is CCCCCn1cc(C(=O)NC2CCCCCC2)c(=O)n2nc(N3CCOCC3)nc12. The zero-order chi connectivity index (χ0) is 21.6. The number of nitrogens with one attached hydrogen (secondary N) is 1. The molecule has 2 aromatic rings. The largest absolute Gasteiger partial charge is 0.378 e. The lowest BCUT2D eigenvalue weighted by atomic mass is 10.1. The smallest absolute Gasteiger partial charge is 0.288 e. The molecule has 0 unspecified atom stereocenters. The van der Waals surface area contributed by atoms with Gasteiger partial charge in [-0.05, 0) is 19.3 Å². The Bertz CT molecular complexity index is 939. The minimum absolute atomic E-state index is 0.137. The highest BCUT2D eigenvalue weighted by Crippen LogP contribution is 2.18. The van der Waals surface area contributed by atoms with Gasteiger partial charge in [0.1, 0.15) is 5.56 Å². The highest BCUT2D eigenvalue weighted by atomic mass is 16.5. The summed E-state index contributed by atoms with van der Waals surface area (Å²) in [5.41, 5.74) is -0.258. The van der Waals surface area contributed by atoms with E-state index in [1.54, 1.807) is 6.20 Å². The molecule has 2 aliphatic rings. The fraction of sp³-hybridized carbons (Fsp3) is 0.727. The number of carbonyl (C=O) groups is 1. The van der Waals surface area contributed by atoms with Gasteiger partial charge in [0, 0.05) is 31.9 Å². The van der Waals surface area contributed by atoms with Crippen molar-refractivity contribution in [2.45, 2.75) is 77.3 Å². The minimum Gasteiger partial charge on any atom is -0.378 e. The van der Waals surface area contributed by atoms with E-state index in [9.17, 15) is 9.59 Å². The third-order valence-corrected chi connectivity index (χ3v) is 6.28. The van der Waals surface area contributed by atoms with Crippen LogP contribution in [0.3, 0.4) is 0 Å². The Morgan fingerprint density at radius 2 is 1.90 bits per heavy atom. The predicted molar refractivity (Wildman–Crippen MR) is 119 cm³/mol. The quantitative estimate of drug-likeness (QED) is 0.535. The molecular weight excluding hydrogens is 396 g/mol. The van der Waals surface area contributed by atoms with Crippen molar-refractivity contribution in [3.05, 3.63) is 22.1 Å². The molecule has 170 valence electrons. The van der Waals surface area contributed by atoms with E-state index < -0.39 is 5.56 Å². The third-order valence-electron chi connectivity index (χ3n) is 6.28. The van der Waals surface area contributed by atoms with E-state index in [1.807, 2.05) is 9.47 Å². The van der Waals surface area contributed by atoms with Crippen LogP contribution in [-0.2, 0) is 11.3 Å². The molecule has 0 atom stereocenters. The van der Waals surface area contributed by atoms with Crippen molar-refractivity contribution >= 4 is 17.6 Å². The number of aryl methyl sites for hydroxylation is 1. The summed E-state index contributed by atoms with van der Waals surface area (Å²) < 4.78 is 8.63. The van der Waals surface area contributed by atoms with E-state index >= 15 is 0 Å². The van der Waals surface area contributed by atoms with Gasteiger partial charge in [0.25, 0.3) is 11.5 Å². The zero-order valence-electron chi connectivity index (χ0n) is 18.5. The summed E-state index contributed by atoms with van der Waals surface area (Å²) in [5, 5.41) is 7.60. The number of carbonyl (C=O) groups excluding carboxylic acids is 1. The molecule has 2 aromatic heterocycles. The number of aromatic nitrogens is 4. The number of nitrogens with zero attached hydrogens (tertiary/aromatic N) is 5. The summed E-state index contributed by atoms with van der Waals surface area (Å²) in [6.07, 6.45) is 11.4. The molecule has 1 saturated heterocycles. The zero-order valence-corrected chi connectivity index (χ0v) is 18.5. The molecule has 1 aliphatic carbocycles. The topological polar surface area (TPSA) is 93.8 Å². The molecule has 2 fully saturated rings. The van der Waals surface area contributed by atoms with E-state index in [2.05, 4.69) is 22.3 Å². The lowest BCUT2D eigenvalue weighted by Crippen LogP contribution is -2.39. The van der Waals surface area contributed by atoms with Gasteiger partial charge in [-0.3, -0.25) is 9.59 Å². The molecule has 1 aliphatic heterocycles. The van der Waals surface area contributed by atoms with Gasteiger partial charge in [-0.1, -0.05) is 45.4 Å². The predicted octanol–water partition coefficient (Wildman–Crippen LogP) is 2.37. The molecule has 9 heteroatoms. The van der Waals surface area contributed by atoms with Gasteiger partial charge < -0.3 is 19.5 Å². The molecular formula is C22H34N6O3. The lowest BCUT2D eigenvalue weighted by Gasteiger charge is -2.25. The summed E-state index contributed by atoms with van der Waals surface area (Å²) in [7, 11) is 0. The molecule has 9 nitrogen and oxygen atoms in total. The summed E-state index contributed by atoms with van der Waals surface area (Å²) >= 11 is 0. The van der Waals surface area contributed by atoms with Gasteiger partial charge in [-0.25, -0.2) is 0 Å². The van der Waals surface area contributed by atoms with E-state index in [0.29, 0.717) is 44.6 Å². The third kappa shape index (κ3) is 5.08. The molecule has 4 rings (SSSR count). The van der Waals surface area contributed by atoms with Crippen LogP contribution in [0.2, 0.25) is 0 Å². The normalized spacial score (nSPS) is 18.3. The first-order chi connectivity index (χ1) is 15.2. The van der Waals surface area contributed by atoms with Crippen LogP contribution in [0.15, 0.2) is 11.0 Å². The fourth-order valence-corrected chi connectivity index (χ4v) is 4.43. The van der Waals surface area contributed by atoms with E-state index in [-0.39, 0.29) is 17.5 Å². The maximum atomic E-state index is 13.2. The Morgan fingerprint density at radius 3 is 2.61 bits per heavy atom. The van der Waals surface area contributed by atoms with Gasteiger partial charge in [0.15, 0.2) is 0 Å². The number of fused-ring (bicyclic) bond motifs is 1. The Hall–Kier alpha value is -2.42. The van der Waals surface area contributed by atoms with Crippen molar-refractivity contribution in [3.63, 3.8) is 0 Å². The first-order valence-corrected chi connectivity index (χ1v) is 11.8. The second-order valence-corrected chi connectivity index (χ2v) is 8.63. The van der Waals surface area contributed by atoms with Gasteiger partial charge in [-0.15, -0.1) is 5.10 Å². The van der Waals surface area contributed by atoms with Crippen LogP contribution >= 0.6 is 0 Å². The van der Waals surface area contributed by atoms with Gasteiger partial charge >= 0.3 is 0 Å². The van der Waals surface area contributed by atoms with Gasteiger partial charge in [0.2, 0.25) is 11.7 Å². The molecule has 0 aromatic carbocycles. The highest BCUT2D eigenvalue weighted by molar-refractivity contribution is 5.94. The van der Waals surface area contributed by atoms with Crippen molar-refractivity contribution in [2.75, 3.05) is 31.2 Å². The molecule has 1 N–H and O–H groups in total. The number of rotatable bonds is 7. The first kappa shape index (κ1) is 21.8. The summed E-state index contributed by atoms with van der Waals surface area (Å²) in [5.74, 6) is 0.714. The number of morpholine rings is 1. The highest BCUT2D eigenvalue weighted by Gasteiger charge is 2.23. The van der Waals surface area contributed by atoms with E-state index in [1.165, 1.54) is 17.4 Å². The number of hydrogen-bond donors (Lipinski definition) is 1. The van der Waals surface area contributed by atoms with Crippen LogP contribution in [-0.4, -0.2) is 57.4 Å². The molecule has 31 heavy (non-hydrogen) atoms. The molecule has 1 saturated carbocycles. The number of ether oxygens (including phenoxy) is 1. The Kier molecular flexibility index (Phi) is 7.21. The van der Waals surface area contributed by atoms with Crippen LogP contribution in [0.1, 0.15) is 75.1 Å². The Labute approximate surface area is 182 Å². The van der Waals surface area contributed by atoms with Gasteiger partial charge in [0.05, 0.1) is 13.2 Å². The van der Waals surface area contributed by atoms with Gasteiger partial charge in [-0.2, -0.15) is 9.50 Å². The van der Waals surface area contributed by atoms with Crippen LogP contribution in [0.4, 0.5) is 5.95 Å². The fourth-order valence-electron chi connectivity index (χ4n) is 4.43. The summed E-state index contributed by atoms with van der Waals surface area (Å²) in [6, 6.07) is 0.137. The summed E-state index contributed by atoms with van der Waals surface area (Å²) in [6.45, 7) is 5.46. The lowest BCUT2D eigenvalue weighted by molar-refractivity contribution is 0.0930. The van der Waals surface area contributed by atoms with E-state index in [4.69, 9.17) is 4.74 Å². The average Bonchev–Trinajstić information content (AvgIpc) is 3.09. The molecule has 0 spiro atoms.